The van der Waals surface area contributed by atoms with Crippen LogP contribution in [0.1, 0.15) is 28.1 Å². The zero-order valence-electron chi connectivity index (χ0n) is 11.7. The molecule has 1 N–H and O–H groups in total. The van der Waals surface area contributed by atoms with Crippen molar-refractivity contribution in [2.45, 2.75) is 33.9 Å². The molecule has 0 fully saturated rings. The Morgan fingerprint density at radius 3 is 2.74 bits per heavy atom. The van der Waals surface area contributed by atoms with Crippen molar-refractivity contribution < 1.29 is 4.74 Å². The molecule has 1 heterocycles. The van der Waals surface area contributed by atoms with Gasteiger partial charge in [-0.1, -0.05) is 25.1 Å². The molecule has 0 unspecified atom stereocenters. The molecular weight excluding hydrogens is 256 g/mol. The van der Waals surface area contributed by atoms with E-state index in [2.05, 4.69) is 30.2 Å². The predicted octanol–water partition coefficient (Wildman–Crippen LogP) is 3.45. The van der Waals surface area contributed by atoms with Crippen LogP contribution in [0.5, 0.6) is 5.75 Å². The largest absolute Gasteiger partial charge is 0.486 e. The van der Waals surface area contributed by atoms with Gasteiger partial charge in [-0.25, -0.2) is 4.98 Å². The topological polar surface area (TPSA) is 34.1 Å². The van der Waals surface area contributed by atoms with Crippen LogP contribution in [0.2, 0.25) is 0 Å². The molecule has 102 valence electrons. The van der Waals surface area contributed by atoms with Crippen LogP contribution < -0.4 is 10.1 Å². The molecule has 1 aromatic heterocycles. The van der Waals surface area contributed by atoms with Crippen molar-refractivity contribution in [3.05, 3.63) is 45.4 Å². The van der Waals surface area contributed by atoms with Crippen molar-refractivity contribution in [1.82, 2.24) is 10.3 Å². The van der Waals surface area contributed by atoms with Crippen molar-refractivity contribution in [2.24, 2.45) is 0 Å². The molecule has 3 nitrogen and oxygen atoms in total. The van der Waals surface area contributed by atoms with Gasteiger partial charge in [0.15, 0.2) is 0 Å². The number of ether oxygens (including phenoxy) is 1. The van der Waals surface area contributed by atoms with Crippen LogP contribution in [0.4, 0.5) is 0 Å². The van der Waals surface area contributed by atoms with Gasteiger partial charge in [0.2, 0.25) is 0 Å². The van der Waals surface area contributed by atoms with E-state index in [-0.39, 0.29) is 0 Å². The maximum absolute atomic E-state index is 5.90. The van der Waals surface area contributed by atoms with Crippen molar-refractivity contribution in [3.8, 4) is 5.75 Å². The first-order chi connectivity index (χ1) is 9.20. The second kappa shape index (κ2) is 6.68. The fraction of sp³-hybridized carbons (Fsp3) is 0.400. The van der Waals surface area contributed by atoms with Gasteiger partial charge in [0.05, 0.1) is 5.69 Å². The highest BCUT2D eigenvalue weighted by Gasteiger charge is 2.06. The second-order valence-electron chi connectivity index (χ2n) is 4.43. The van der Waals surface area contributed by atoms with E-state index >= 15 is 0 Å². The van der Waals surface area contributed by atoms with Gasteiger partial charge in [-0.05, 0) is 26.5 Å². The molecule has 0 atom stereocenters. The summed E-state index contributed by atoms with van der Waals surface area (Å²) in [5.41, 5.74) is 2.29. The molecule has 0 amide bonds. The van der Waals surface area contributed by atoms with Crippen molar-refractivity contribution in [2.75, 3.05) is 6.54 Å². The molecule has 0 saturated heterocycles. The van der Waals surface area contributed by atoms with E-state index < -0.39 is 0 Å². The Labute approximate surface area is 118 Å². The second-order valence-corrected chi connectivity index (χ2v) is 5.71. The first kappa shape index (κ1) is 14.0. The number of benzene rings is 1. The van der Waals surface area contributed by atoms with Crippen LogP contribution in [-0.4, -0.2) is 11.5 Å². The fourth-order valence-electron chi connectivity index (χ4n) is 1.79. The number of para-hydroxylation sites is 1. The molecule has 2 rings (SSSR count). The number of hydrogen-bond donors (Lipinski definition) is 1. The summed E-state index contributed by atoms with van der Waals surface area (Å²) in [6.45, 7) is 8.57. The lowest BCUT2D eigenvalue weighted by atomic mass is 10.2. The quantitative estimate of drug-likeness (QED) is 0.877. The zero-order chi connectivity index (χ0) is 13.7. The van der Waals surface area contributed by atoms with E-state index in [4.69, 9.17) is 4.74 Å². The summed E-state index contributed by atoms with van der Waals surface area (Å²) in [5, 5.41) is 4.36. The molecule has 2 aromatic rings. The van der Waals surface area contributed by atoms with Gasteiger partial charge < -0.3 is 10.1 Å². The lowest BCUT2D eigenvalue weighted by Gasteiger charge is -2.10. The third-order valence-corrected chi connectivity index (χ3v) is 4.01. The summed E-state index contributed by atoms with van der Waals surface area (Å²) >= 11 is 1.71. The molecular formula is C15H20N2OS. The highest BCUT2D eigenvalue weighted by molar-refractivity contribution is 7.11. The SMILES string of the molecule is CCNCc1ccccc1OCc1nc(C)c(C)s1. The highest BCUT2D eigenvalue weighted by Crippen LogP contribution is 2.22. The van der Waals surface area contributed by atoms with Crippen molar-refractivity contribution in [3.63, 3.8) is 0 Å². The number of hydrogen-bond acceptors (Lipinski definition) is 4. The minimum atomic E-state index is 0.544. The predicted molar refractivity (Wildman–Crippen MR) is 79.7 cm³/mol. The Kier molecular flexibility index (Phi) is 4.93. The van der Waals surface area contributed by atoms with Crippen LogP contribution in [0, 0.1) is 13.8 Å². The van der Waals surface area contributed by atoms with E-state index in [0.29, 0.717) is 6.61 Å². The zero-order valence-corrected chi connectivity index (χ0v) is 12.5. The molecule has 0 saturated carbocycles. The summed E-state index contributed by atoms with van der Waals surface area (Å²) in [4.78, 5) is 5.76. The standard InChI is InChI=1S/C15H20N2OS/c1-4-16-9-13-7-5-6-8-14(13)18-10-15-17-11(2)12(3)19-15/h5-8,16H,4,9-10H2,1-3H3. The number of nitrogens with one attached hydrogen (secondary N) is 1. The number of nitrogens with zero attached hydrogens (tertiary/aromatic N) is 1. The summed E-state index contributed by atoms with van der Waals surface area (Å²) in [6.07, 6.45) is 0. The third-order valence-electron chi connectivity index (χ3n) is 2.96. The van der Waals surface area contributed by atoms with Gasteiger partial charge in [0, 0.05) is 17.0 Å². The minimum Gasteiger partial charge on any atom is -0.486 e. The smallest absolute Gasteiger partial charge is 0.140 e. The molecule has 0 bridgehead atoms. The summed E-state index contributed by atoms with van der Waals surface area (Å²) in [6, 6.07) is 8.15. The van der Waals surface area contributed by atoms with Gasteiger partial charge in [-0.3, -0.25) is 0 Å². The Morgan fingerprint density at radius 2 is 2.05 bits per heavy atom. The van der Waals surface area contributed by atoms with Crippen molar-refractivity contribution in [1.29, 1.82) is 0 Å². The molecule has 19 heavy (non-hydrogen) atoms. The number of aryl methyl sites for hydroxylation is 2. The van der Waals surface area contributed by atoms with E-state index in [1.807, 2.05) is 25.1 Å². The Balaban J connectivity index is 2.02. The van der Waals surface area contributed by atoms with Gasteiger partial charge in [0.1, 0.15) is 17.4 Å². The first-order valence-corrected chi connectivity index (χ1v) is 7.36. The first-order valence-electron chi connectivity index (χ1n) is 6.55. The molecule has 0 radical (unpaired) electrons. The van der Waals surface area contributed by atoms with Crippen molar-refractivity contribution >= 4 is 11.3 Å². The molecule has 0 aliphatic heterocycles. The Bertz CT molecular complexity index is 517. The lowest BCUT2D eigenvalue weighted by Crippen LogP contribution is -2.12. The average molecular weight is 276 g/mol. The van der Waals surface area contributed by atoms with Gasteiger partial charge >= 0.3 is 0 Å². The van der Waals surface area contributed by atoms with Crippen LogP contribution in [0.25, 0.3) is 0 Å². The van der Waals surface area contributed by atoms with Gasteiger partial charge in [0.25, 0.3) is 0 Å². The molecule has 0 aliphatic rings. The molecule has 4 heteroatoms. The Morgan fingerprint density at radius 1 is 1.26 bits per heavy atom. The van der Waals surface area contributed by atoms with Crippen LogP contribution in [-0.2, 0) is 13.2 Å². The van der Waals surface area contributed by atoms with Gasteiger partial charge in [-0.2, -0.15) is 0 Å². The number of aromatic nitrogens is 1. The Hall–Kier alpha value is -1.39. The van der Waals surface area contributed by atoms with Gasteiger partial charge in [-0.15, -0.1) is 11.3 Å². The number of rotatable bonds is 6. The minimum absolute atomic E-state index is 0.544. The number of thiazole rings is 1. The van der Waals surface area contributed by atoms with E-state index in [1.54, 1.807) is 11.3 Å². The summed E-state index contributed by atoms with van der Waals surface area (Å²) < 4.78 is 5.90. The third kappa shape index (κ3) is 3.78. The van der Waals surface area contributed by atoms with Crippen LogP contribution >= 0.6 is 11.3 Å². The maximum atomic E-state index is 5.90. The summed E-state index contributed by atoms with van der Waals surface area (Å²) in [5.74, 6) is 0.939. The monoisotopic (exact) mass is 276 g/mol. The van der Waals surface area contributed by atoms with E-state index in [1.165, 1.54) is 10.4 Å². The maximum Gasteiger partial charge on any atom is 0.140 e. The lowest BCUT2D eigenvalue weighted by molar-refractivity contribution is 0.301. The fourth-order valence-corrected chi connectivity index (χ4v) is 2.64. The summed E-state index contributed by atoms with van der Waals surface area (Å²) in [7, 11) is 0. The van der Waals surface area contributed by atoms with E-state index in [9.17, 15) is 0 Å². The van der Waals surface area contributed by atoms with Crippen LogP contribution in [0.3, 0.4) is 0 Å². The average Bonchev–Trinajstić information content (AvgIpc) is 2.74. The van der Waals surface area contributed by atoms with Crippen LogP contribution in [0.15, 0.2) is 24.3 Å². The normalized spacial score (nSPS) is 10.7. The molecule has 0 spiro atoms. The molecule has 1 aromatic carbocycles. The molecule has 0 aliphatic carbocycles. The highest BCUT2D eigenvalue weighted by atomic mass is 32.1. The van der Waals surface area contributed by atoms with E-state index in [0.717, 1.165) is 29.5 Å².